The number of hydrogen-bond donors (Lipinski definition) is 3. The van der Waals surface area contributed by atoms with Gasteiger partial charge in [0.1, 0.15) is 17.1 Å². The third kappa shape index (κ3) is 7.14. The normalized spacial score (nSPS) is 18.6. The number of rotatable bonds is 9. The third-order valence-electron chi connectivity index (χ3n) is 8.61. The second-order valence-corrected chi connectivity index (χ2v) is 11.4. The van der Waals surface area contributed by atoms with Crippen LogP contribution in [0.1, 0.15) is 59.8 Å². The maximum Gasteiger partial charge on any atom is 0.421 e. The molecule has 13 heteroatoms. The number of piperidine rings is 1. The summed E-state index contributed by atoms with van der Waals surface area (Å²) in [6.45, 7) is 6.38. The second-order valence-electron chi connectivity index (χ2n) is 11.4. The number of hydrogen-bond acceptors (Lipinski definition) is 8. The highest BCUT2D eigenvalue weighted by atomic mass is 19.4. The number of carbonyl (C=O) groups excluding carboxylic acids is 2. The lowest BCUT2D eigenvalue weighted by Gasteiger charge is -2.31. The predicted molar refractivity (Wildman–Crippen MR) is 165 cm³/mol. The smallest absolute Gasteiger partial charge is 0.421 e. The number of alkyl halides is 3. The highest BCUT2D eigenvalue weighted by Crippen LogP contribution is 2.40. The number of halogens is 3. The standard InChI is InChI=1S/C32H38F3N7O3/c1-5-42-14-12-22(13-15-42)37-30(44)21-10-11-25(27(17-21)45-4)39-31-36-18-24(32(33,34)35)29(40-31)38-26-16-20-8-6-7-9-23(20)28(26)41(3)19(2)43/h6-11,17-18,22,26,28H,5,12-16H2,1-4H3,(H,37,44)(H2,36,38,39,40)/t26-,28-/m1/s1. The molecule has 0 bridgehead atoms. The number of fused-ring (bicyclic) bond motifs is 1. The first kappa shape index (κ1) is 32.0. The molecule has 2 atom stereocenters. The summed E-state index contributed by atoms with van der Waals surface area (Å²) in [5, 5.41) is 9.00. The van der Waals surface area contributed by atoms with Gasteiger partial charge in [0.25, 0.3) is 5.91 Å². The molecule has 240 valence electrons. The van der Waals surface area contributed by atoms with Crippen LogP contribution in [0, 0.1) is 0 Å². The molecular formula is C32H38F3N7O3. The summed E-state index contributed by atoms with van der Waals surface area (Å²) in [7, 11) is 3.07. The number of ether oxygens (including phenoxy) is 1. The molecule has 3 N–H and O–H groups in total. The summed E-state index contributed by atoms with van der Waals surface area (Å²) in [4.78, 5) is 37.3. The van der Waals surface area contributed by atoms with E-state index in [-0.39, 0.29) is 23.8 Å². The Morgan fingerprint density at radius 1 is 1.13 bits per heavy atom. The first-order valence-corrected chi connectivity index (χ1v) is 15.0. The molecule has 0 radical (unpaired) electrons. The number of carbonyl (C=O) groups is 2. The first-order valence-electron chi connectivity index (χ1n) is 15.0. The second kappa shape index (κ2) is 13.3. The van der Waals surface area contributed by atoms with E-state index < -0.39 is 29.6 Å². The van der Waals surface area contributed by atoms with Gasteiger partial charge < -0.3 is 30.5 Å². The van der Waals surface area contributed by atoms with E-state index in [0.717, 1.165) is 49.8 Å². The van der Waals surface area contributed by atoms with Crippen LogP contribution in [-0.2, 0) is 17.4 Å². The van der Waals surface area contributed by atoms with Gasteiger partial charge in [0.05, 0.1) is 24.9 Å². The minimum atomic E-state index is -4.73. The number of anilines is 3. The van der Waals surface area contributed by atoms with Gasteiger partial charge in [-0.15, -0.1) is 0 Å². The molecule has 10 nitrogen and oxygen atoms in total. The molecule has 1 aliphatic heterocycles. The van der Waals surface area contributed by atoms with Crippen LogP contribution in [-0.4, -0.2) is 77.5 Å². The van der Waals surface area contributed by atoms with Crippen LogP contribution in [0.2, 0.25) is 0 Å². The summed E-state index contributed by atoms with van der Waals surface area (Å²) < 4.78 is 47.8. The maximum absolute atomic E-state index is 14.1. The number of amides is 2. The molecule has 0 spiro atoms. The fraction of sp³-hybridized carbons (Fsp3) is 0.438. The zero-order valence-electron chi connectivity index (χ0n) is 25.7. The van der Waals surface area contributed by atoms with Gasteiger partial charge in [0.15, 0.2) is 0 Å². The van der Waals surface area contributed by atoms with Crippen molar-refractivity contribution >= 4 is 29.3 Å². The molecule has 0 saturated carbocycles. The summed E-state index contributed by atoms with van der Waals surface area (Å²) in [5.41, 5.74) is 1.55. The minimum absolute atomic E-state index is 0.0815. The predicted octanol–water partition coefficient (Wildman–Crippen LogP) is 5.02. The van der Waals surface area contributed by atoms with Crippen molar-refractivity contribution in [1.29, 1.82) is 0 Å². The molecule has 2 heterocycles. The minimum Gasteiger partial charge on any atom is -0.495 e. The number of nitrogens with zero attached hydrogens (tertiary/aromatic N) is 4. The van der Waals surface area contributed by atoms with Gasteiger partial charge in [-0.05, 0) is 55.1 Å². The van der Waals surface area contributed by atoms with Gasteiger partial charge in [0, 0.05) is 44.9 Å². The van der Waals surface area contributed by atoms with Crippen LogP contribution in [0.15, 0.2) is 48.7 Å². The van der Waals surface area contributed by atoms with Crippen LogP contribution < -0.4 is 20.7 Å². The lowest BCUT2D eigenvalue weighted by atomic mass is 10.0. The Morgan fingerprint density at radius 3 is 2.53 bits per heavy atom. The number of aromatic nitrogens is 2. The average molecular weight is 626 g/mol. The van der Waals surface area contributed by atoms with E-state index in [1.807, 2.05) is 24.3 Å². The van der Waals surface area contributed by atoms with Crippen molar-refractivity contribution in [2.24, 2.45) is 0 Å². The number of methoxy groups -OCH3 is 1. The third-order valence-corrected chi connectivity index (χ3v) is 8.61. The van der Waals surface area contributed by atoms with E-state index in [0.29, 0.717) is 23.4 Å². The zero-order valence-corrected chi connectivity index (χ0v) is 25.7. The van der Waals surface area contributed by atoms with Gasteiger partial charge >= 0.3 is 6.18 Å². The van der Waals surface area contributed by atoms with Crippen molar-refractivity contribution in [3.63, 3.8) is 0 Å². The zero-order chi connectivity index (χ0) is 32.3. The molecule has 1 fully saturated rings. The molecule has 2 amide bonds. The van der Waals surface area contributed by atoms with E-state index >= 15 is 0 Å². The Labute approximate surface area is 260 Å². The molecule has 2 aromatic carbocycles. The van der Waals surface area contributed by atoms with Gasteiger partial charge in [-0.3, -0.25) is 9.59 Å². The molecule has 0 unspecified atom stereocenters. The van der Waals surface area contributed by atoms with Crippen molar-refractivity contribution in [3.8, 4) is 5.75 Å². The Morgan fingerprint density at radius 2 is 1.87 bits per heavy atom. The van der Waals surface area contributed by atoms with E-state index in [9.17, 15) is 22.8 Å². The monoisotopic (exact) mass is 625 g/mol. The molecule has 1 saturated heterocycles. The fourth-order valence-electron chi connectivity index (χ4n) is 6.03. The molecular weight excluding hydrogens is 587 g/mol. The van der Waals surface area contributed by atoms with Gasteiger partial charge in [-0.1, -0.05) is 31.2 Å². The molecule has 5 rings (SSSR count). The van der Waals surface area contributed by atoms with Crippen LogP contribution >= 0.6 is 0 Å². The Bertz CT molecular complexity index is 1540. The average Bonchev–Trinajstić information content (AvgIpc) is 3.38. The SMILES string of the molecule is CCN1CCC(NC(=O)c2ccc(Nc3ncc(C(F)(F)F)c(N[C@@H]4Cc5ccccc5[C@H]4N(C)C(C)=O)n3)c(OC)c2)CC1. The van der Waals surface area contributed by atoms with Crippen molar-refractivity contribution in [2.75, 3.05) is 44.4 Å². The Kier molecular flexibility index (Phi) is 9.47. The fourth-order valence-corrected chi connectivity index (χ4v) is 6.03. The Hall–Kier alpha value is -4.39. The molecule has 1 aromatic heterocycles. The molecule has 45 heavy (non-hydrogen) atoms. The first-order chi connectivity index (χ1) is 21.5. The highest BCUT2D eigenvalue weighted by molar-refractivity contribution is 5.95. The van der Waals surface area contributed by atoms with Crippen molar-refractivity contribution in [3.05, 3.63) is 70.9 Å². The van der Waals surface area contributed by atoms with E-state index in [4.69, 9.17) is 4.74 Å². The number of nitrogens with one attached hydrogen (secondary N) is 3. The van der Waals surface area contributed by atoms with E-state index in [1.54, 1.807) is 25.2 Å². The van der Waals surface area contributed by atoms with Crippen LogP contribution in [0.4, 0.5) is 30.6 Å². The van der Waals surface area contributed by atoms with Crippen LogP contribution in [0.3, 0.4) is 0 Å². The largest absolute Gasteiger partial charge is 0.495 e. The topological polar surface area (TPSA) is 112 Å². The quantitative estimate of drug-likeness (QED) is 0.304. The Balaban J connectivity index is 1.37. The lowest BCUT2D eigenvalue weighted by molar-refractivity contribution is -0.137. The van der Waals surface area contributed by atoms with Crippen molar-refractivity contribution in [1.82, 2.24) is 25.1 Å². The molecule has 1 aliphatic carbocycles. The maximum atomic E-state index is 14.1. The molecule has 3 aromatic rings. The van der Waals surface area contributed by atoms with Crippen LogP contribution in [0.5, 0.6) is 5.75 Å². The summed E-state index contributed by atoms with van der Waals surface area (Å²) in [6.07, 6.45) is -1.86. The van der Waals surface area contributed by atoms with Crippen molar-refractivity contribution < 1.29 is 27.5 Å². The summed E-state index contributed by atoms with van der Waals surface area (Å²) in [6, 6.07) is 11.3. The highest BCUT2D eigenvalue weighted by Gasteiger charge is 2.40. The van der Waals surface area contributed by atoms with Crippen LogP contribution in [0.25, 0.3) is 0 Å². The summed E-state index contributed by atoms with van der Waals surface area (Å²) >= 11 is 0. The van der Waals surface area contributed by atoms with Gasteiger partial charge in [0.2, 0.25) is 11.9 Å². The lowest BCUT2D eigenvalue weighted by Crippen LogP contribution is -2.44. The van der Waals surface area contributed by atoms with Crippen molar-refractivity contribution in [2.45, 2.75) is 57.4 Å². The number of likely N-dealkylation sites (N-methyl/N-ethyl adjacent to an activating group) is 1. The van der Waals surface area contributed by atoms with Gasteiger partial charge in [-0.25, -0.2) is 4.98 Å². The van der Waals surface area contributed by atoms with E-state index in [1.165, 1.54) is 18.9 Å². The van der Waals surface area contributed by atoms with E-state index in [2.05, 4.69) is 37.7 Å². The number of benzene rings is 2. The number of likely N-dealkylation sites (tertiary alicyclic amines) is 1. The van der Waals surface area contributed by atoms with Gasteiger partial charge in [-0.2, -0.15) is 18.2 Å². The molecule has 2 aliphatic rings. The summed E-state index contributed by atoms with van der Waals surface area (Å²) in [5.74, 6) is -0.652.